The molecule has 0 atom stereocenters. The van der Waals surface area contributed by atoms with E-state index in [4.69, 9.17) is 12.2 Å². The molecule has 1 aromatic heterocycles. The van der Waals surface area contributed by atoms with Gasteiger partial charge in [0.2, 0.25) is 0 Å². The van der Waals surface area contributed by atoms with Gasteiger partial charge >= 0.3 is 0 Å². The number of hydrogen-bond donors (Lipinski definition) is 3. The van der Waals surface area contributed by atoms with Crippen molar-refractivity contribution in [2.24, 2.45) is 28.8 Å². The molecule has 4 nitrogen and oxygen atoms in total. The van der Waals surface area contributed by atoms with E-state index in [1.54, 1.807) is 0 Å². The molecule has 4 aliphatic carbocycles. The summed E-state index contributed by atoms with van der Waals surface area (Å²) in [6.45, 7) is 0. The molecule has 4 fully saturated rings. The standard InChI is InChI=1S/C20H24N4S/c25-20(23-19-14-6-12-5-13(8-14)9-15(19)7-12)24-22-11-16-10-21-18-4-2-1-3-17(16)18/h1-4,10-15,19,21H,5-9H2,(H2,23,24,25)/b22-11-. The summed E-state index contributed by atoms with van der Waals surface area (Å²) in [6.07, 6.45) is 10.9. The summed E-state index contributed by atoms with van der Waals surface area (Å²) in [5.74, 6) is 3.60. The van der Waals surface area contributed by atoms with E-state index in [0.29, 0.717) is 11.2 Å². The van der Waals surface area contributed by atoms with Crippen LogP contribution in [0.2, 0.25) is 0 Å². The van der Waals surface area contributed by atoms with Gasteiger partial charge in [0.1, 0.15) is 0 Å². The van der Waals surface area contributed by atoms with Crippen LogP contribution in [0.1, 0.15) is 37.7 Å². The highest BCUT2D eigenvalue weighted by Crippen LogP contribution is 2.53. The van der Waals surface area contributed by atoms with E-state index in [1.165, 1.54) is 37.5 Å². The number of thiocarbonyl (C=S) groups is 1. The first-order valence-corrected chi connectivity index (χ1v) is 9.83. The molecule has 0 amide bonds. The summed E-state index contributed by atoms with van der Waals surface area (Å²) in [5, 5.41) is 9.76. The number of hydrazone groups is 1. The van der Waals surface area contributed by atoms with Gasteiger partial charge in [0.25, 0.3) is 0 Å². The van der Waals surface area contributed by atoms with E-state index >= 15 is 0 Å². The van der Waals surface area contributed by atoms with Gasteiger partial charge in [-0.15, -0.1) is 0 Å². The van der Waals surface area contributed by atoms with E-state index in [0.717, 1.165) is 34.8 Å². The average molecular weight is 353 g/mol. The molecule has 5 heteroatoms. The summed E-state index contributed by atoms with van der Waals surface area (Å²) >= 11 is 5.50. The number of rotatable bonds is 3. The minimum absolute atomic E-state index is 0.552. The number of aromatic nitrogens is 1. The zero-order chi connectivity index (χ0) is 16.8. The number of hydrogen-bond acceptors (Lipinski definition) is 2. The van der Waals surface area contributed by atoms with Crippen LogP contribution in [-0.2, 0) is 0 Å². The number of aromatic amines is 1. The van der Waals surface area contributed by atoms with Crippen molar-refractivity contribution in [3.05, 3.63) is 36.0 Å². The SMILES string of the molecule is S=C(N/N=C\c1c[nH]c2ccccc12)NC1C2CC3CC(C2)CC1C3. The van der Waals surface area contributed by atoms with Crippen molar-refractivity contribution in [2.45, 2.75) is 38.1 Å². The minimum Gasteiger partial charge on any atom is -0.361 e. The topological polar surface area (TPSA) is 52.2 Å². The largest absolute Gasteiger partial charge is 0.361 e. The maximum absolute atomic E-state index is 5.50. The lowest BCUT2D eigenvalue weighted by Gasteiger charge is -2.54. The molecule has 4 aliphatic rings. The van der Waals surface area contributed by atoms with Crippen molar-refractivity contribution in [1.82, 2.24) is 15.7 Å². The summed E-state index contributed by atoms with van der Waals surface area (Å²) in [5.41, 5.74) is 5.21. The Hall–Kier alpha value is -1.88. The van der Waals surface area contributed by atoms with Crippen molar-refractivity contribution in [2.75, 3.05) is 0 Å². The fourth-order valence-corrected chi connectivity index (χ4v) is 5.89. The number of fused-ring (bicyclic) bond motifs is 1. The predicted octanol–water partition coefficient (Wildman–Crippen LogP) is 3.79. The van der Waals surface area contributed by atoms with Gasteiger partial charge in [-0.3, -0.25) is 5.43 Å². The zero-order valence-corrected chi connectivity index (χ0v) is 15.1. The minimum atomic E-state index is 0.552. The lowest BCUT2D eigenvalue weighted by Crippen LogP contribution is -2.57. The van der Waals surface area contributed by atoms with E-state index < -0.39 is 0 Å². The molecule has 4 bridgehead atoms. The molecule has 1 aromatic carbocycles. The average Bonchev–Trinajstić information content (AvgIpc) is 3.01. The Balaban J connectivity index is 1.21. The number of nitrogens with one attached hydrogen (secondary N) is 3. The molecule has 130 valence electrons. The lowest BCUT2D eigenvalue weighted by atomic mass is 9.54. The maximum atomic E-state index is 5.50. The third kappa shape index (κ3) is 2.84. The molecule has 2 aromatic rings. The summed E-state index contributed by atoms with van der Waals surface area (Å²) in [7, 11) is 0. The molecule has 6 rings (SSSR count). The Kier molecular flexibility index (Phi) is 3.77. The van der Waals surface area contributed by atoms with Gasteiger partial charge in [-0.05, 0) is 74.1 Å². The molecule has 0 aliphatic heterocycles. The molecule has 0 spiro atoms. The monoisotopic (exact) mass is 352 g/mol. The number of nitrogens with zero attached hydrogens (tertiary/aromatic N) is 1. The second-order valence-corrected chi connectivity index (χ2v) is 8.50. The van der Waals surface area contributed by atoms with Crippen LogP contribution < -0.4 is 10.7 Å². The van der Waals surface area contributed by atoms with Gasteiger partial charge < -0.3 is 10.3 Å². The fraction of sp³-hybridized carbons (Fsp3) is 0.500. The maximum Gasteiger partial charge on any atom is 0.187 e. The van der Waals surface area contributed by atoms with Crippen LogP contribution in [0.5, 0.6) is 0 Å². The predicted molar refractivity (Wildman–Crippen MR) is 106 cm³/mol. The van der Waals surface area contributed by atoms with Crippen LogP contribution in [0.4, 0.5) is 0 Å². The van der Waals surface area contributed by atoms with Crippen molar-refractivity contribution < 1.29 is 0 Å². The number of para-hydroxylation sites is 1. The van der Waals surface area contributed by atoms with Gasteiger partial charge in [-0.25, -0.2) is 0 Å². The van der Waals surface area contributed by atoms with Gasteiger partial charge in [-0.2, -0.15) is 5.10 Å². The van der Waals surface area contributed by atoms with Crippen LogP contribution in [0.15, 0.2) is 35.6 Å². The molecule has 1 heterocycles. The summed E-state index contributed by atoms with van der Waals surface area (Å²) in [4.78, 5) is 3.26. The lowest BCUT2D eigenvalue weighted by molar-refractivity contribution is -0.00693. The van der Waals surface area contributed by atoms with Gasteiger partial charge in [0.05, 0.1) is 6.21 Å². The number of benzene rings is 1. The molecule has 3 N–H and O–H groups in total. The highest BCUT2D eigenvalue weighted by Gasteiger charge is 2.48. The first kappa shape index (κ1) is 15.4. The van der Waals surface area contributed by atoms with Crippen LogP contribution in [0.3, 0.4) is 0 Å². The van der Waals surface area contributed by atoms with Crippen molar-refractivity contribution in [3.8, 4) is 0 Å². The van der Waals surface area contributed by atoms with E-state index in [1.807, 2.05) is 24.5 Å². The van der Waals surface area contributed by atoms with Gasteiger partial charge in [0.15, 0.2) is 5.11 Å². The van der Waals surface area contributed by atoms with Gasteiger partial charge in [-0.1, -0.05) is 18.2 Å². The fourth-order valence-electron chi connectivity index (χ4n) is 5.71. The van der Waals surface area contributed by atoms with E-state index in [-0.39, 0.29) is 0 Å². The van der Waals surface area contributed by atoms with Crippen molar-refractivity contribution in [3.63, 3.8) is 0 Å². The second-order valence-electron chi connectivity index (χ2n) is 8.09. The Morgan fingerprint density at radius 1 is 1.08 bits per heavy atom. The summed E-state index contributed by atoms with van der Waals surface area (Å²) in [6, 6.07) is 8.79. The highest BCUT2D eigenvalue weighted by atomic mass is 32.1. The number of H-pyrrole nitrogens is 1. The van der Waals surface area contributed by atoms with Crippen LogP contribution in [-0.4, -0.2) is 22.4 Å². The molecule has 4 saturated carbocycles. The molecular weight excluding hydrogens is 328 g/mol. The van der Waals surface area contributed by atoms with E-state index in [9.17, 15) is 0 Å². The summed E-state index contributed by atoms with van der Waals surface area (Å²) < 4.78 is 0. The van der Waals surface area contributed by atoms with Crippen molar-refractivity contribution >= 4 is 34.4 Å². The molecule has 0 radical (unpaired) electrons. The zero-order valence-electron chi connectivity index (χ0n) is 14.2. The second kappa shape index (κ2) is 6.13. The van der Waals surface area contributed by atoms with Crippen LogP contribution >= 0.6 is 12.2 Å². The Morgan fingerprint density at radius 3 is 2.56 bits per heavy atom. The van der Waals surface area contributed by atoms with Gasteiger partial charge in [0, 0.05) is 28.7 Å². The molecular formula is C20H24N4S. The third-order valence-electron chi connectivity index (χ3n) is 6.52. The van der Waals surface area contributed by atoms with Crippen LogP contribution in [0.25, 0.3) is 10.9 Å². The van der Waals surface area contributed by atoms with E-state index in [2.05, 4.69) is 33.0 Å². The molecule has 0 unspecified atom stereocenters. The Labute approximate surface area is 153 Å². The quantitative estimate of drug-likeness (QED) is 0.447. The van der Waals surface area contributed by atoms with Crippen molar-refractivity contribution in [1.29, 1.82) is 0 Å². The first-order valence-electron chi connectivity index (χ1n) is 9.42. The van der Waals surface area contributed by atoms with Crippen LogP contribution in [0, 0.1) is 23.7 Å². The Morgan fingerprint density at radius 2 is 1.80 bits per heavy atom. The molecule has 25 heavy (non-hydrogen) atoms. The normalized spacial score (nSPS) is 33.2. The Bertz CT molecular complexity index is 796. The smallest absolute Gasteiger partial charge is 0.187 e. The first-order chi connectivity index (χ1) is 12.3. The molecule has 0 saturated heterocycles. The highest BCUT2D eigenvalue weighted by molar-refractivity contribution is 7.80. The third-order valence-corrected chi connectivity index (χ3v) is 6.72.